The molecule has 106 valence electrons. The Morgan fingerprint density at radius 1 is 1.50 bits per heavy atom. The van der Waals surface area contributed by atoms with Crippen LogP contribution in [0.5, 0.6) is 0 Å². The van der Waals surface area contributed by atoms with Gasteiger partial charge in [0, 0.05) is 25.1 Å². The number of carbonyl (C=O) groups is 1. The molecule has 20 heavy (non-hydrogen) atoms. The van der Waals surface area contributed by atoms with Gasteiger partial charge in [0.25, 0.3) is 10.1 Å². The zero-order chi connectivity index (χ0) is 14.8. The molecular formula is C14H15NO4S. The van der Waals surface area contributed by atoms with Gasteiger partial charge >= 0.3 is 0 Å². The number of nitrogens with zero attached hydrogens (tertiary/aromatic N) is 1. The van der Waals surface area contributed by atoms with Gasteiger partial charge in [0.05, 0.1) is 12.0 Å². The lowest BCUT2D eigenvalue weighted by atomic mass is 10.2. The molecule has 0 radical (unpaired) electrons. The minimum Gasteiger partial charge on any atom is -0.312 e. The van der Waals surface area contributed by atoms with Crippen LogP contribution in [0.2, 0.25) is 0 Å². The Hall–Kier alpha value is -1.84. The molecule has 0 atom stereocenters. The van der Waals surface area contributed by atoms with E-state index in [9.17, 15) is 13.2 Å². The third-order valence-electron chi connectivity index (χ3n) is 3.24. The highest BCUT2D eigenvalue weighted by atomic mass is 32.2. The molecule has 0 N–H and O–H groups in total. The summed E-state index contributed by atoms with van der Waals surface area (Å²) in [6.07, 6.45) is 6.48. The molecule has 6 heteroatoms. The number of fused-ring (bicyclic) bond motifs is 1. The van der Waals surface area contributed by atoms with Gasteiger partial charge < -0.3 is 4.90 Å². The molecule has 1 amide bonds. The highest BCUT2D eigenvalue weighted by molar-refractivity contribution is 7.86. The first kappa shape index (κ1) is 14.6. The highest BCUT2D eigenvalue weighted by Crippen LogP contribution is 2.31. The van der Waals surface area contributed by atoms with Crippen molar-refractivity contribution in [3.8, 4) is 12.3 Å². The van der Waals surface area contributed by atoms with Crippen LogP contribution in [0, 0.1) is 12.3 Å². The standard InChI is InChI=1S/C14H15NO4S/c1-3-4-5-14(16)15-9-8-11-10-12(6-7-13(11)15)20(17,18)19-2/h1,6-7,10H,4-5,8-9H2,2H3. The first-order valence-corrected chi connectivity index (χ1v) is 7.58. The van der Waals surface area contributed by atoms with E-state index in [2.05, 4.69) is 10.1 Å². The second-order valence-corrected chi connectivity index (χ2v) is 6.12. The maximum Gasteiger partial charge on any atom is 0.296 e. The smallest absolute Gasteiger partial charge is 0.296 e. The van der Waals surface area contributed by atoms with Gasteiger partial charge in [0.15, 0.2) is 0 Å². The van der Waals surface area contributed by atoms with E-state index in [0.717, 1.165) is 18.4 Å². The number of benzene rings is 1. The molecule has 1 aromatic rings. The van der Waals surface area contributed by atoms with Crippen LogP contribution in [0.15, 0.2) is 23.1 Å². The van der Waals surface area contributed by atoms with Crippen molar-refractivity contribution in [3.63, 3.8) is 0 Å². The van der Waals surface area contributed by atoms with Crippen LogP contribution in [0.1, 0.15) is 18.4 Å². The second-order valence-electron chi connectivity index (χ2n) is 4.41. The summed E-state index contributed by atoms with van der Waals surface area (Å²) in [5.74, 6) is 2.40. The van der Waals surface area contributed by atoms with Crippen molar-refractivity contribution >= 4 is 21.7 Å². The van der Waals surface area contributed by atoms with Crippen LogP contribution in [-0.4, -0.2) is 28.0 Å². The van der Waals surface area contributed by atoms with Gasteiger partial charge in [0.1, 0.15) is 0 Å². The number of anilines is 1. The molecule has 0 bridgehead atoms. The molecule has 2 rings (SSSR count). The minimum absolute atomic E-state index is 0.0379. The van der Waals surface area contributed by atoms with Gasteiger partial charge in [-0.3, -0.25) is 8.98 Å². The van der Waals surface area contributed by atoms with Crippen molar-refractivity contribution in [2.75, 3.05) is 18.6 Å². The first-order chi connectivity index (χ1) is 9.49. The van der Waals surface area contributed by atoms with Gasteiger partial charge in [-0.2, -0.15) is 8.42 Å². The average molecular weight is 293 g/mol. The summed E-state index contributed by atoms with van der Waals surface area (Å²) < 4.78 is 27.7. The summed E-state index contributed by atoms with van der Waals surface area (Å²) in [5.41, 5.74) is 1.58. The van der Waals surface area contributed by atoms with Crippen molar-refractivity contribution in [2.45, 2.75) is 24.2 Å². The third kappa shape index (κ3) is 2.69. The Balaban J connectivity index is 2.28. The van der Waals surface area contributed by atoms with Crippen LogP contribution in [0.4, 0.5) is 5.69 Å². The van der Waals surface area contributed by atoms with E-state index < -0.39 is 10.1 Å². The Kier molecular flexibility index (Phi) is 4.12. The van der Waals surface area contributed by atoms with Crippen LogP contribution in [-0.2, 0) is 25.5 Å². The van der Waals surface area contributed by atoms with Gasteiger partial charge in [-0.25, -0.2) is 0 Å². The zero-order valence-electron chi connectivity index (χ0n) is 11.1. The lowest BCUT2D eigenvalue weighted by Crippen LogP contribution is -2.28. The maximum absolute atomic E-state index is 12.0. The van der Waals surface area contributed by atoms with E-state index >= 15 is 0 Å². The molecule has 5 nitrogen and oxygen atoms in total. The summed E-state index contributed by atoms with van der Waals surface area (Å²) in [5, 5.41) is 0. The summed E-state index contributed by atoms with van der Waals surface area (Å²) in [7, 11) is -2.58. The number of hydrogen-bond donors (Lipinski definition) is 0. The molecule has 1 aliphatic heterocycles. The molecule has 0 fully saturated rings. The monoisotopic (exact) mass is 293 g/mol. The summed E-state index contributed by atoms with van der Waals surface area (Å²) >= 11 is 0. The fourth-order valence-corrected chi connectivity index (χ4v) is 2.92. The van der Waals surface area contributed by atoms with Crippen LogP contribution < -0.4 is 4.90 Å². The van der Waals surface area contributed by atoms with E-state index in [1.54, 1.807) is 17.0 Å². The quantitative estimate of drug-likeness (QED) is 0.620. The Morgan fingerprint density at radius 3 is 2.90 bits per heavy atom. The number of terminal acetylenes is 1. The number of hydrogen-bond acceptors (Lipinski definition) is 4. The normalized spacial score (nSPS) is 13.9. The van der Waals surface area contributed by atoms with Gasteiger partial charge in [-0.1, -0.05) is 0 Å². The lowest BCUT2D eigenvalue weighted by Gasteiger charge is -2.17. The molecule has 1 aliphatic rings. The second kappa shape index (κ2) is 5.65. The van der Waals surface area contributed by atoms with Crippen molar-refractivity contribution in [2.24, 2.45) is 0 Å². The highest BCUT2D eigenvalue weighted by Gasteiger charge is 2.26. The van der Waals surface area contributed by atoms with Crippen molar-refractivity contribution < 1.29 is 17.4 Å². The van der Waals surface area contributed by atoms with Crippen LogP contribution in [0.3, 0.4) is 0 Å². The largest absolute Gasteiger partial charge is 0.312 e. The molecule has 1 aromatic carbocycles. The Bertz CT molecular complexity index is 673. The lowest BCUT2D eigenvalue weighted by molar-refractivity contribution is -0.118. The zero-order valence-corrected chi connectivity index (χ0v) is 11.9. The van der Waals surface area contributed by atoms with Crippen molar-refractivity contribution in [1.29, 1.82) is 0 Å². The summed E-state index contributed by atoms with van der Waals surface area (Å²) in [6.45, 7) is 0.551. The predicted molar refractivity (Wildman–Crippen MR) is 74.8 cm³/mol. The van der Waals surface area contributed by atoms with E-state index in [0.29, 0.717) is 25.8 Å². The fourth-order valence-electron chi connectivity index (χ4n) is 2.20. The molecule has 0 saturated carbocycles. The van der Waals surface area contributed by atoms with Crippen molar-refractivity contribution in [1.82, 2.24) is 0 Å². The SMILES string of the molecule is C#CCCC(=O)N1CCc2cc(S(=O)(=O)OC)ccc21. The third-order valence-corrected chi connectivity index (χ3v) is 4.51. The number of rotatable bonds is 4. The fraction of sp³-hybridized carbons (Fsp3) is 0.357. The summed E-state index contributed by atoms with van der Waals surface area (Å²) in [6, 6.07) is 4.65. The van der Waals surface area contributed by atoms with Crippen molar-refractivity contribution in [3.05, 3.63) is 23.8 Å². The summed E-state index contributed by atoms with van der Waals surface area (Å²) in [4.78, 5) is 13.7. The van der Waals surface area contributed by atoms with E-state index in [-0.39, 0.29) is 10.8 Å². The number of carbonyl (C=O) groups excluding carboxylic acids is 1. The molecule has 0 unspecified atom stereocenters. The maximum atomic E-state index is 12.0. The topological polar surface area (TPSA) is 63.7 Å². The van der Waals surface area contributed by atoms with Gasteiger partial charge in [0.2, 0.25) is 5.91 Å². The molecule has 0 spiro atoms. The molecule has 0 aliphatic carbocycles. The molecule has 1 heterocycles. The van der Waals surface area contributed by atoms with E-state index in [4.69, 9.17) is 6.42 Å². The predicted octanol–water partition coefficient (Wildman–Crippen LogP) is 1.32. The molecular weight excluding hydrogens is 278 g/mol. The van der Waals surface area contributed by atoms with E-state index in [1.165, 1.54) is 6.07 Å². The van der Waals surface area contributed by atoms with Crippen LogP contribution in [0.25, 0.3) is 0 Å². The Morgan fingerprint density at radius 2 is 2.25 bits per heavy atom. The van der Waals surface area contributed by atoms with Gasteiger partial charge in [-0.05, 0) is 30.2 Å². The minimum atomic E-state index is -3.70. The first-order valence-electron chi connectivity index (χ1n) is 6.17. The van der Waals surface area contributed by atoms with E-state index in [1.807, 2.05) is 0 Å². The average Bonchev–Trinajstić information content (AvgIpc) is 2.87. The van der Waals surface area contributed by atoms with Gasteiger partial charge in [-0.15, -0.1) is 12.3 Å². The Labute approximate surface area is 118 Å². The molecule has 0 saturated heterocycles. The molecule has 0 aromatic heterocycles. The van der Waals surface area contributed by atoms with Crippen LogP contribution >= 0.6 is 0 Å². The number of amides is 1.